The molecule has 0 saturated heterocycles. The highest BCUT2D eigenvalue weighted by molar-refractivity contribution is 5.66. The molecular weight excluding hydrogens is 216 g/mol. The van der Waals surface area contributed by atoms with Gasteiger partial charge in [0.15, 0.2) is 0 Å². The highest BCUT2D eigenvalue weighted by atomic mass is 16.5. The van der Waals surface area contributed by atoms with Crippen molar-refractivity contribution in [2.24, 2.45) is 0 Å². The molecule has 1 rings (SSSR count). The number of allylic oxidation sites excluding steroid dienone is 1. The van der Waals surface area contributed by atoms with Gasteiger partial charge in [-0.3, -0.25) is 4.79 Å². The highest BCUT2D eigenvalue weighted by Gasteiger charge is 1.95. The van der Waals surface area contributed by atoms with Crippen LogP contribution in [0.3, 0.4) is 0 Å². The van der Waals surface area contributed by atoms with Crippen molar-refractivity contribution in [2.75, 3.05) is 7.11 Å². The molecule has 0 atom stereocenters. The lowest BCUT2D eigenvalue weighted by Crippen LogP contribution is -1.92. The summed E-state index contributed by atoms with van der Waals surface area (Å²) in [6.07, 6.45) is 6.90. The number of benzene rings is 1. The molecule has 0 bridgehead atoms. The predicted octanol–water partition coefficient (Wildman–Crippen LogP) is 3.35. The molecule has 0 saturated carbocycles. The summed E-state index contributed by atoms with van der Waals surface area (Å²) in [6.45, 7) is 0. The molecule has 0 fully saturated rings. The van der Waals surface area contributed by atoms with Crippen LogP contribution in [-0.4, -0.2) is 18.2 Å². The van der Waals surface area contributed by atoms with Crippen molar-refractivity contribution in [3.63, 3.8) is 0 Å². The van der Waals surface area contributed by atoms with Crippen LogP contribution in [0.5, 0.6) is 5.75 Å². The van der Waals surface area contributed by atoms with E-state index in [0.717, 1.165) is 30.6 Å². The maximum absolute atomic E-state index is 10.3. The normalized spacial score (nSPS) is 10.6. The Morgan fingerprint density at radius 2 is 2.24 bits per heavy atom. The number of ether oxygens (including phenoxy) is 1. The van der Waals surface area contributed by atoms with Gasteiger partial charge >= 0.3 is 5.97 Å². The third kappa shape index (κ3) is 5.76. The first kappa shape index (κ1) is 13.3. The fourth-order valence-corrected chi connectivity index (χ4v) is 1.50. The average molecular weight is 234 g/mol. The van der Waals surface area contributed by atoms with E-state index >= 15 is 0 Å². The summed E-state index contributed by atoms with van der Waals surface area (Å²) in [5, 5.41) is 8.47. The quantitative estimate of drug-likeness (QED) is 0.736. The zero-order chi connectivity index (χ0) is 12.5. The van der Waals surface area contributed by atoms with Crippen LogP contribution >= 0.6 is 0 Å². The molecule has 0 spiro atoms. The Morgan fingerprint density at radius 3 is 2.94 bits per heavy atom. The summed E-state index contributed by atoms with van der Waals surface area (Å²) in [5.74, 6) is 0.125. The van der Waals surface area contributed by atoms with E-state index in [1.807, 2.05) is 30.3 Å². The summed E-state index contributed by atoms with van der Waals surface area (Å²) in [5.41, 5.74) is 1.10. The van der Waals surface area contributed by atoms with Gasteiger partial charge in [-0.25, -0.2) is 0 Å². The standard InChI is InChI=1S/C14H18O3/c1-17-13-9-6-8-12(11-13)7-4-2-3-5-10-14(15)16/h4,6-9,11H,2-3,5,10H2,1H3,(H,15,16)/b7-4+. The first-order chi connectivity index (χ1) is 8.22. The average Bonchev–Trinajstić information content (AvgIpc) is 2.33. The lowest BCUT2D eigenvalue weighted by Gasteiger charge is -2.00. The van der Waals surface area contributed by atoms with Gasteiger partial charge in [-0.1, -0.05) is 24.3 Å². The topological polar surface area (TPSA) is 46.5 Å². The Bertz CT molecular complexity index is 383. The van der Waals surface area contributed by atoms with E-state index in [4.69, 9.17) is 9.84 Å². The second-order valence-electron chi connectivity index (χ2n) is 3.82. The Morgan fingerprint density at radius 1 is 1.41 bits per heavy atom. The Kier molecular flexibility index (Phi) is 5.86. The maximum Gasteiger partial charge on any atom is 0.303 e. The minimum absolute atomic E-state index is 0.257. The van der Waals surface area contributed by atoms with Gasteiger partial charge in [-0.2, -0.15) is 0 Å². The van der Waals surface area contributed by atoms with Crippen LogP contribution in [0.2, 0.25) is 0 Å². The Balaban J connectivity index is 2.30. The molecular formula is C14H18O3. The van der Waals surface area contributed by atoms with Crippen LogP contribution in [0.4, 0.5) is 0 Å². The predicted molar refractivity (Wildman–Crippen MR) is 68.1 cm³/mol. The summed E-state index contributed by atoms with van der Waals surface area (Å²) in [6, 6.07) is 7.83. The van der Waals surface area contributed by atoms with Gasteiger partial charge in [0.25, 0.3) is 0 Å². The number of rotatable bonds is 7. The van der Waals surface area contributed by atoms with Gasteiger partial charge in [0.2, 0.25) is 0 Å². The van der Waals surface area contributed by atoms with Crippen LogP contribution in [0.15, 0.2) is 30.3 Å². The number of unbranched alkanes of at least 4 members (excludes halogenated alkanes) is 2. The number of hydrogen-bond donors (Lipinski definition) is 1. The summed E-state index contributed by atoms with van der Waals surface area (Å²) in [7, 11) is 1.65. The van der Waals surface area contributed by atoms with Crippen molar-refractivity contribution in [1.82, 2.24) is 0 Å². The number of carbonyl (C=O) groups is 1. The van der Waals surface area contributed by atoms with E-state index in [1.165, 1.54) is 0 Å². The molecule has 0 aliphatic carbocycles. The van der Waals surface area contributed by atoms with Crippen molar-refractivity contribution in [1.29, 1.82) is 0 Å². The fourth-order valence-electron chi connectivity index (χ4n) is 1.50. The second kappa shape index (κ2) is 7.49. The summed E-state index contributed by atoms with van der Waals surface area (Å²) in [4.78, 5) is 10.3. The van der Waals surface area contributed by atoms with Gasteiger partial charge in [-0.05, 0) is 37.0 Å². The smallest absolute Gasteiger partial charge is 0.303 e. The molecule has 1 N–H and O–H groups in total. The van der Waals surface area contributed by atoms with Crippen molar-refractivity contribution in [3.8, 4) is 5.75 Å². The number of hydrogen-bond acceptors (Lipinski definition) is 2. The second-order valence-corrected chi connectivity index (χ2v) is 3.82. The Hall–Kier alpha value is -1.77. The van der Waals surface area contributed by atoms with Gasteiger partial charge < -0.3 is 9.84 Å². The summed E-state index contributed by atoms with van der Waals surface area (Å²) >= 11 is 0. The molecule has 0 heterocycles. The third-order valence-corrected chi connectivity index (χ3v) is 2.42. The van der Waals surface area contributed by atoms with Crippen molar-refractivity contribution in [2.45, 2.75) is 25.7 Å². The van der Waals surface area contributed by atoms with Crippen LogP contribution in [0.1, 0.15) is 31.2 Å². The van der Waals surface area contributed by atoms with E-state index < -0.39 is 5.97 Å². The molecule has 17 heavy (non-hydrogen) atoms. The SMILES string of the molecule is COc1cccc(/C=C/CCCCC(=O)O)c1. The number of carboxylic acids is 1. The van der Waals surface area contributed by atoms with Gasteiger partial charge in [0.1, 0.15) is 5.75 Å². The van der Waals surface area contributed by atoms with Crippen LogP contribution in [0.25, 0.3) is 6.08 Å². The van der Waals surface area contributed by atoms with E-state index in [0.29, 0.717) is 0 Å². The van der Waals surface area contributed by atoms with Crippen molar-refractivity contribution in [3.05, 3.63) is 35.9 Å². The molecule has 3 nitrogen and oxygen atoms in total. The summed E-state index contributed by atoms with van der Waals surface area (Å²) < 4.78 is 5.13. The van der Waals surface area contributed by atoms with E-state index in [-0.39, 0.29) is 6.42 Å². The minimum atomic E-state index is -0.721. The molecule has 0 aromatic heterocycles. The lowest BCUT2D eigenvalue weighted by molar-refractivity contribution is -0.137. The third-order valence-electron chi connectivity index (χ3n) is 2.42. The molecule has 0 amide bonds. The van der Waals surface area contributed by atoms with Crippen molar-refractivity contribution >= 4 is 12.0 Å². The van der Waals surface area contributed by atoms with Gasteiger partial charge in [-0.15, -0.1) is 0 Å². The zero-order valence-corrected chi connectivity index (χ0v) is 10.1. The van der Waals surface area contributed by atoms with E-state index in [1.54, 1.807) is 7.11 Å². The fraction of sp³-hybridized carbons (Fsp3) is 0.357. The molecule has 0 unspecified atom stereocenters. The molecule has 3 heteroatoms. The van der Waals surface area contributed by atoms with Crippen LogP contribution < -0.4 is 4.74 Å². The zero-order valence-electron chi connectivity index (χ0n) is 10.1. The highest BCUT2D eigenvalue weighted by Crippen LogP contribution is 2.14. The number of carboxylic acid groups (broad SMARTS) is 1. The first-order valence-electron chi connectivity index (χ1n) is 5.75. The molecule has 1 aromatic carbocycles. The van der Waals surface area contributed by atoms with Gasteiger partial charge in [0.05, 0.1) is 7.11 Å². The van der Waals surface area contributed by atoms with E-state index in [2.05, 4.69) is 6.08 Å². The molecule has 1 aromatic rings. The maximum atomic E-state index is 10.3. The minimum Gasteiger partial charge on any atom is -0.497 e. The first-order valence-corrected chi connectivity index (χ1v) is 5.75. The number of aliphatic carboxylic acids is 1. The van der Waals surface area contributed by atoms with Gasteiger partial charge in [0, 0.05) is 6.42 Å². The van der Waals surface area contributed by atoms with Crippen LogP contribution in [-0.2, 0) is 4.79 Å². The monoisotopic (exact) mass is 234 g/mol. The Labute approximate surface area is 102 Å². The lowest BCUT2D eigenvalue weighted by atomic mass is 10.1. The van der Waals surface area contributed by atoms with E-state index in [9.17, 15) is 4.79 Å². The largest absolute Gasteiger partial charge is 0.497 e. The number of methoxy groups -OCH3 is 1. The molecule has 92 valence electrons. The molecule has 0 aliphatic rings. The molecule has 0 aliphatic heterocycles. The molecule has 0 radical (unpaired) electrons. The van der Waals surface area contributed by atoms with Crippen LogP contribution in [0, 0.1) is 0 Å². The van der Waals surface area contributed by atoms with Crippen molar-refractivity contribution < 1.29 is 14.6 Å².